The number of hydrogen-bond acceptors (Lipinski definition) is 2. The molecule has 4 heteroatoms. The van der Waals surface area contributed by atoms with Gasteiger partial charge in [-0.15, -0.1) is 0 Å². The van der Waals surface area contributed by atoms with Crippen molar-refractivity contribution in [2.24, 2.45) is 0 Å². The van der Waals surface area contributed by atoms with Crippen LogP contribution in [0.4, 0.5) is 5.69 Å². The Morgan fingerprint density at radius 1 is 1.00 bits per heavy atom. The number of nitrogens with zero attached hydrogens (tertiary/aromatic N) is 2. The van der Waals surface area contributed by atoms with Gasteiger partial charge < -0.3 is 4.90 Å². The molecular formula is C18H16N2O2. The molecule has 0 spiro atoms. The van der Waals surface area contributed by atoms with E-state index in [4.69, 9.17) is 0 Å². The fourth-order valence-corrected chi connectivity index (χ4v) is 3.37. The topological polar surface area (TPSA) is 40.6 Å². The maximum Gasteiger partial charge on any atom is 0.259 e. The third kappa shape index (κ3) is 1.91. The van der Waals surface area contributed by atoms with Crippen molar-refractivity contribution in [1.82, 2.24) is 4.90 Å². The first-order valence-corrected chi connectivity index (χ1v) is 7.52. The summed E-state index contributed by atoms with van der Waals surface area (Å²) in [6, 6.07) is 17.1. The Hall–Kier alpha value is -2.62. The first-order valence-electron chi connectivity index (χ1n) is 7.52. The zero-order valence-corrected chi connectivity index (χ0v) is 12.1. The van der Waals surface area contributed by atoms with Crippen LogP contribution in [-0.4, -0.2) is 22.9 Å². The third-order valence-corrected chi connectivity index (χ3v) is 4.43. The van der Waals surface area contributed by atoms with Gasteiger partial charge in [-0.25, -0.2) is 0 Å². The largest absolute Gasteiger partial charge is 0.317 e. The van der Waals surface area contributed by atoms with Gasteiger partial charge in [-0.3, -0.25) is 14.5 Å². The number of para-hydroxylation sites is 1. The number of fused-ring (bicyclic) bond motifs is 2. The molecule has 22 heavy (non-hydrogen) atoms. The SMILES string of the molecule is O=C1CC[C@H]2N1Cc1ccccc1N2C(=O)c1ccccc1. The highest BCUT2D eigenvalue weighted by molar-refractivity contribution is 6.07. The van der Waals surface area contributed by atoms with E-state index in [0.717, 1.165) is 11.3 Å². The van der Waals surface area contributed by atoms with Gasteiger partial charge in [-0.05, 0) is 30.2 Å². The van der Waals surface area contributed by atoms with Crippen LogP contribution in [0.3, 0.4) is 0 Å². The maximum absolute atomic E-state index is 13.0. The van der Waals surface area contributed by atoms with Gasteiger partial charge in [0.2, 0.25) is 5.91 Å². The van der Waals surface area contributed by atoms with Gasteiger partial charge in [0.05, 0.1) is 5.69 Å². The molecule has 0 aromatic heterocycles. The van der Waals surface area contributed by atoms with E-state index in [1.807, 2.05) is 59.5 Å². The molecule has 1 atom stereocenters. The van der Waals surface area contributed by atoms with Crippen molar-refractivity contribution in [2.75, 3.05) is 4.90 Å². The molecule has 4 rings (SSSR count). The van der Waals surface area contributed by atoms with Gasteiger partial charge in [0.25, 0.3) is 5.91 Å². The van der Waals surface area contributed by atoms with Crippen LogP contribution in [0.1, 0.15) is 28.8 Å². The molecule has 0 bridgehead atoms. The molecule has 0 N–H and O–H groups in total. The summed E-state index contributed by atoms with van der Waals surface area (Å²) in [6.45, 7) is 0.595. The molecule has 0 aliphatic carbocycles. The lowest BCUT2D eigenvalue weighted by Gasteiger charge is -2.41. The van der Waals surface area contributed by atoms with Crippen molar-refractivity contribution in [2.45, 2.75) is 25.6 Å². The van der Waals surface area contributed by atoms with Crippen LogP contribution in [0.25, 0.3) is 0 Å². The first-order chi connectivity index (χ1) is 10.8. The van der Waals surface area contributed by atoms with E-state index in [1.54, 1.807) is 4.90 Å². The van der Waals surface area contributed by atoms with Gasteiger partial charge in [-0.2, -0.15) is 0 Å². The maximum atomic E-state index is 13.0. The average molecular weight is 292 g/mol. The number of carbonyl (C=O) groups excluding carboxylic acids is 2. The van der Waals surface area contributed by atoms with Gasteiger partial charge in [0, 0.05) is 18.5 Å². The van der Waals surface area contributed by atoms with Gasteiger partial charge in [0.15, 0.2) is 0 Å². The Morgan fingerprint density at radius 2 is 1.73 bits per heavy atom. The second-order valence-corrected chi connectivity index (χ2v) is 5.71. The lowest BCUT2D eigenvalue weighted by Crippen LogP contribution is -2.52. The van der Waals surface area contributed by atoms with Crippen LogP contribution in [0.5, 0.6) is 0 Å². The Labute approximate surface area is 129 Å². The first kappa shape index (κ1) is 13.1. The zero-order valence-electron chi connectivity index (χ0n) is 12.1. The van der Waals surface area contributed by atoms with E-state index < -0.39 is 0 Å². The highest BCUT2D eigenvalue weighted by Gasteiger charge is 2.42. The van der Waals surface area contributed by atoms with Crippen molar-refractivity contribution >= 4 is 17.5 Å². The standard InChI is InChI=1S/C18H16N2O2/c21-17-11-10-16-19(17)12-14-8-4-5-9-15(14)20(16)18(22)13-6-2-1-3-7-13/h1-9,16H,10-12H2/t16-/m0/s1. The Bertz CT molecular complexity index is 742. The van der Waals surface area contributed by atoms with Gasteiger partial charge >= 0.3 is 0 Å². The van der Waals surface area contributed by atoms with Crippen molar-refractivity contribution in [3.63, 3.8) is 0 Å². The summed E-state index contributed by atoms with van der Waals surface area (Å²) in [5, 5.41) is 0. The normalized spacial score (nSPS) is 19.8. The molecule has 2 heterocycles. The summed E-state index contributed by atoms with van der Waals surface area (Å²) >= 11 is 0. The molecule has 2 aliphatic heterocycles. The van der Waals surface area contributed by atoms with Crippen LogP contribution < -0.4 is 4.90 Å². The summed E-state index contributed by atoms with van der Waals surface area (Å²) in [4.78, 5) is 28.7. The van der Waals surface area contributed by atoms with Gasteiger partial charge in [-0.1, -0.05) is 36.4 Å². The van der Waals surface area contributed by atoms with E-state index >= 15 is 0 Å². The van der Waals surface area contributed by atoms with Crippen LogP contribution in [-0.2, 0) is 11.3 Å². The van der Waals surface area contributed by atoms with E-state index in [0.29, 0.717) is 24.9 Å². The molecule has 0 saturated carbocycles. The van der Waals surface area contributed by atoms with Gasteiger partial charge in [0.1, 0.15) is 6.17 Å². The second kappa shape index (κ2) is 4.98. The van der Waals surface area contributed by atoms with E-state index in [9.17, 15) is 9.59 Å². The molecule has 2 aliphatic rings. The van der Waals surface area contributed by atoms with Crippen molar-refractivity contribution in [3.05, 3.63) is 65.7 Å². The van der Waals surface area contributed by atoms with E-state index in [2.05, 4.69) is 0 Å². The molecule has 2 aromatic rings. The number of anilines is 1. The number of rotatable bonds is 1. The molecule has 110 valence electrons. The van der Waals surface area contributed by atoms with Crippen LogP contribution >= 0.6 is 0 Å². The lowest BCUT2D eigenvalue weighted by atomic mass is 10.0. The summed E-state index contributed by atoms with van der Waals surface area (Å²) in [7, 11) is 0. The average Bonchev–Trinajstić information content (AvgIpc) is 2.94. The number of benzene rings is 2. The zero-order chi connectivity index (χ0) is 15.1. The van der Waals surface area contributed by atoms with E-state index in [-0.39, 0.29) is 18.0 Å². The Morgan fingerprint density at radius 3 is 2.55 bits per heavy atom. The van der Waals surface area contributed by atoms with E-state index in [1.165, 1.54) is 0 Å². The fraction of sp³-hybridized carbons (Fsp3) is 0.222. The van der Waals surface area contributed by atoms with Crippen LogP contribution in [0.15, 0.2) is 54.6 Å². The van der Waals surface area contributed by atoms with Crippen LogP contribution in [0.2, 0.25) is 0 Å². The molecule has 0 unspecified atom stereocenters. The summed E-state index contributed by atoms with van der Waals surface area (Å²) < 4.78 is 0. The molecule has 2 amide bonds. The highest BCUT2D eigenvalue weighted by Crippen LogP contribution is 2.37. The molecule has 0 radical (unpaired) electrons. The Balaban J connectivity index is 1.82. The quantitative estimate of drug-likeness (QED) is 0.811. The minimum Gasteiger partial charge on any atom is -0.317 e. The highest BCUT2D eigenvalue weighted by atomic mass is 16.2. The lowest BCUT2D eigenvalue weighted by molar-refractivity contribution is -0.129. The molecule has 4 nitrogen and oxygen atoms in total. The molecule has 1 fully saturated rings. The molecule has 1 saturated heterocycles. The number of carbonyl (C=O) groups is 2. The fourth-order valence-electron chi connectivity index (χ4n) is 3.37. The van der Waals surface area contributed by atoms with Crippen molar-refractivity contribution in [3.8, 4) is 0 Å². The minimum absolute atomic E-state index is 0.0440. The summed E-state index contributed by atoms with van der Waals surface area (Å²) in [6.07, 6.45) is 1.05. The summed E-state index contributed by atoms with van der Waals surface area (Å²) in [5.41, 5.74) is 2.60. The minimum atomic E-state index is -0.157. The number of hydrogen-bond donors (Lipinski definition) is 0. The van der Waals surface area contributed by atoms with Crippen LogP contribution in [0, 0.1) is 0 Å². The monoisotopic (exact) mass is 292 g/mol. The molecular weight excluding hydrogens is 276 g/mol. The summed E-state index contributed by atoms with van der Waals surface area (Å²) in [5.74, 6) is 0.0859. The predicted molar refractivity (Wildman–Crippen MR) is 83.3 cm³/mol. The Kier molecular flexibility index (Phi) is 2.96. The van der Waals surface area contributed by atoms with Crippen molar-refractivity contribution in [1.29, 1.82) is 0 Å². The third-order valence-electron chi connectivity index (χ3n) is 4.43. The molecule has 2 aromatic carbocycles. The smallest absolute Gasteiger partial charge is 0.259 e. The van der Waals surface area contributed by atoms with Crippen molar-refractivity contribution < 1.29 is 9.59 Å². The number of amides is 2. The second-order valence-electron chi connectivity index (χ2n) is 5.71. The predicted octanol–water partition coefficient (Wildman–Crippen LogP) is 2.80.